The number of hydrogen-bond acceptors (Lipinski definition) is 7. The Balaban J connectivity index is 2.49. The molecule has 0 spiro atoms. The maximum Gasteiger partial charge on any atom is 0.319 e. The average Bonchev–Trinajstić information content (AvgIpc) is 2.92. The maximum absolute atomic E-state index is 11.8. The molecular weight excluding hydrogens is 322 g/mol. The van der Waals surface area contributed by atoms with Crippen molar-refractivity contribution in [3.8, 4) is 0 Å². The van der Waals surface area contributed by atoms with E-state index in [-0.39, 0.29) is 17.1 Å². The van der Waals surface area contributed by atoms with Gasteiger partial charge in [-0.05, 0) is 19.8 Å². The SMILES string of the molecule is CCCCCC(=O)Nc1nnc(SC(CC)C(=O)OCC)s1. The molecule has 8 heteroatoms. The summed E-state index contributed by atoms with van der Waals surface area (Å²) in [7, 11) is 0. The zero-order chi connectivity index (χ0) is 16.4. The lowest BCUT2D eigenvalue weighted by atomic mass is 10.2. The number of unbranched alkanes of at least 4 members (excludes halogenated alkanes) is 2. The fourth-order valence-corrected chi connectivity index (χ4v) is 3.61. The predicted octanol–water partition coefficient (Wildman–Crippen LogP) is 3.49. The van der Waals surface area contributed by atoms with Crippen molar-refractivity contribution in [3.63, 3.8) is 0 Å². The summed E-state index contributed by atoms with van der Waals surface area (Å²) in [6, 6.07) is 0. The van der Waals surface area contributed by atoms with Gasteiger partial charge in [-0.2, -0.15) is 0 Å². The topological polar surface area (TPSA) is 81.2 Å². The van der Waals surface area contributed by atoms with Crippen LogP contribution in [0.15, 0.2) is 4.34 Å². The quantitative estimate of drug-likeness (QED) is 0.302. The highest BCUT2D eigenvalue weighted by Crippen LogP contribution is 2.31. The molecule has 0 aliphatic carbocycles. The summed E-state index contributed by atoms with van der Waals surface area (Å²) >= 11 is 2.61. The molecule has 124 valence electrons. The molecule has 0 saturated heterocycles. The van der Waals surface area contributed by atoms with Crippen LogP contribution in [-0.2, 0) is 14.3 Å². The van der Waals surface area contributed by atoms with Crippen LogP contribution in [0.3, 0.4) is 0 Å². The van der Waals surface area contributed by atoms with Crippen LogP contribution in [0.4, 0.5) is 5.13 Å². The molecule has 0 bridgehead atoms. The number of hydrogen-bond donors (Lipinski definition) is 1. The van der Waals surface area contributed by atoms with Crippen LogP contribution in [0.25, 0.3) is 0 Å². The van der Waals surface area contributed by atoms with Gasteiger partial charge in [-0.25, -0.2) is 0 Å². The molecule has 1 aromatic rings. The number of thioether (sulfide) groups is 1. The Morgan fingerprint density at radius 2 is 2.05 bits per heavy atom. The van der Waals surface area contributed by atoms with Crippen LogP contribution in [0.2, 0.25) is 0 Å². The molecule has 0 fully saturated rings. The molecule has 0 radical (unpaired) electrons. The molecule has 6 nitrogen and oxygen atoms in total. The van der Waals surface area contributed by atoms with Crippen molar-refractivity contribution in [3.05, 3.63) is 0 Å². The van der Waals surface area contributed by atoms with Crippen molar-refractivity contribution in [2.75, 3.05) is 11.9 Å². The van der Waals surface area contributed by atoms with Crippen LogP contribution in [0, 0.1) is 0 Å². The summed E-state index contributed by atoms with van der Waals surface area (Å²) in [5, 5.41) is 10.9. The van der Waals surface area contributed by atoms with E-state index in [0.717, 1.165) is 19.3 Å². The maximum atomic E-state index is 11.8. The van der Waals surface area contributed by atoms with Gasteiger partial charge >= 0.3 is 5.97 Å². The van der Waals surface area contributed by atoms with Gasteiger partial charge in [-0.15, -0.1) is 10.2 Å². The number of amides is 1. The number of nitrogens with zero attached hydrogens (tertiary/aromatic N) is 2. The minimum absolute atomic E-state index is 0.0430. The monoisotopic (exact) mass is 345 g/mol. The highest BCUT2D eigenvalue weighted by atomic mass is 32.2. The van der Waals surface area contributed by atoms with E-state index in [9.17, 15) is 9.59 Å². The standard InChI is InChI=1S/C14H23N3O3S2/c1-4-7-8-9-11(18)15-13-16-17-14(22-13)21-10(5-2)12(19)20-6-3/h10H,4-9H2,1-3H3,(H,15,16,18). The third-order valence-corrected chi connectivity index (χ3v) is 5.09. The number of carbonyl (C=O) groups is 2. The smallest absolute Gasteiger partial charge is 0.319 e. The minimum Gasteiger partial charge on any atom is -0.465 e. The Morgan fingerprint density at radius 3 is 2.68 bits per heavy atom. The number of ether oxygens (including phenoxy) is 1. The number of rotatable bonds is 10. The fourth-order valence-electron chi connectivity index (χ4n) is 1.68. The van der Waals surface area contributed by atoms with Gasteiger partial charge in [0.1, 0.15) is 5.25 Å². The largest absolute Gasteiger partial charge is 0.465 e. The van der Waals surface area contributed by atoms with Crippen molar-refractivity contribution < 1.29 is 14.3 Å². The Kier molecular flexibility index (Phi) is 9.07. The fraction of sp³-hybridized carbons (Fsp3) is 0.714. The van der Waals surface area contributed by atoms with Crippen LogP contribution < -0.4 is 5.32 Å². The molecule has 1 N–H and O–H groups in total. The molecular formula is C14H23N3O3S2. The summed E-state index contributed by atoms with van der Waals surface area (Å²) in [6.07, 6.45) is 4.16. The zero-order valence-electron chi connectivity index (χ0n) is 13.3. The molecule has 1 unspecified atom stereocenters. The van der Waals surface area contributed by atoms with Crippen molar-refractivity contribution in [2.24, 2.45) is 0 Å². The summed E-state index contributed by atoms with van der Waals surface area (Å²) in [5.74, 6) is -0.283. The first-order chi connectivity index (χ1) is 10.6. The van der Waals surface area contributed by atoms with E-state index in [4.69, 9.17) is 4.74 Å². The van der Waals surface area contributed by atoms with Gasteiger partial charge < -0.3 is 10.1 Å². The molecule has 1 aromatic heterocycles. The second-order valence-corrected chi connectivity index (χ2v) is 7.07. The highest BCUT2D eigenvalue weighted by Gasteiger charge is 2.21. The van der Waals surface area contributed by atoms with Gasteiger partial charge in [0.15, 0.2) is 4.34 Å². The molecule has 1 heterocycles. The lowest BCUT2D eigenvalue weighted by Gasteiger charge is -2.10. The van der Waals surface area contributed by atoms with E-state index < -0.39 is 0 Å². The van der Waals surface area contributed by atoms with Gasteiger partial charge in [-0.1, -0.05) is 49.8 Å². The lowest BCUT2D eigenvalue weighted by Crippen LogP contribution is -2.19. The second-order valence-electron chi connectivity index (χ2n) is 4.65. The summed E-state index contributed by atoms with van der Waals surface area (Å²) < 4.78 is 5.68. The molecule has 0 saturated carbocycles. The molecule has 0 aromatic carbocycles. The number of nitrogens with one attached hydrogen (secondary N) is 1. The van der Waals surface area contributed by atoms with Crippen LogP contribution >= 0.6 is 23.1 Å². The van der Waals surface area contributed by atoms with E-state index in [2.05, 4.69) is 22.4 Å². The van der Waals surface area contributed by atoms with Crippen LogP contribution in [0.1, 0.15) is 52.9 Å². The first-order valence-corrected chi connectivity index (χ1v) is 9.26. The van der Waals surface area contributed by atoms with E-state index in [1.165, 1.54) is 23.1 Å². The Bertz CT molecular complexity index is 480. The minimum atomic E-state index is -0.291. The summed E-state index contributed by atoms with van der Waals surface area (Å²) in [5.41, 5.74) is 0. The third kappa shape index (κ3) is 6.74. The van der Waals surface area contributed by atoms with E-state index in [1.807, 2.05) is 6.92 Å². The first kappa shape index (κ1) is 18.9. The number of anilines is 1. The van der Waals surface area contributed by atoms with Gasteiger partial charge in [0, 0.05) is 6.42 Å². The predicted molar refractivity (Wildman–Crippen MR) is 89.2 cm³/mol. The first-order valence-electron chi connectivity index (χ1n) is 7.57. The van der Waals surface area contributed by atoms with Crippen LogP contribution in [0.5, 0.6) is 0 Å². The van der Waals surface area contributed by atoms with E-state index in [0.29, 0.717) is 28.9 Å². The molecule has 0 aliphatic rings. The molecule has 1 amide bonds. The molecule has 1 atom stereocenters. The molecule has 1 rings (SSSR count). The van der Waals surface area contributed by atoms with E-state index in [1.54, 1.807) is 6.92 Å². The highest BCUT2D eigenvalue weighted by molar-refractivity contribution is 8.02. The zero-order valence-corrected chi connectivity index (χ0v) is 14.9. The number of aromatic nitrogens is 2. The normalized spacial score (nSPS) is 12.0. The Hall–Kier alpha value is -1.15. The third-order valence-electron chi connectivity index (χ3n) is 2.82. The molecule has 22 heavy (non-hydrogen) atoms. The van der Waals surface area contributed by atoms with Gasteiger partial charge in [-0.3, -0.25) is 9.59 Å². The van der Waals surface area contributed by atoms with Crippen LogP contribution in [-0.4, -0.2) is 33.9 Å². The van der Waals surface area contributed by atoms with Crippen molar-refractivity contribution in [2.45, 2.75) is 62.5 Å². The van der Waals surface area contributed by atoms with Gasteiger partial charge in [0.25, 0.3) is 0 Å². The number of esters is 1. The van der Waals surface area contributed by atoms with E-state index >= 15 is 0 Å². The average molecular weight is 345 g/mol. The second kappa shape index (κ2) is 10.6. The molecule has 0 aliphatic heterocycles. The Morgan fingerprint density at radius 1 is 1.27 bits per heavy atom. The van der Waals surface area contributed by atoms with Crippen molar-refractivity contribution in [1.82, 2.24) is 10.2 Å². The Labute approximate surface area is 139 Å². The van der Waals surface area contributed by atoms with Gasteiger partial charge in [0.2, 0.25) is 11.0 Å². The lowest BCUT2D eigenvalue weighted by molar-refractivity contribution is -0.142. The van der Waals surface area contributed by atoms with Crippen molar-refractivity contribution >= 4 is 40.1 Å². The number of carbonyl (C=O) groups excluding carboxylic acids is 2. The van der Waals surface area contributed by atoms with Gasteiger partial charge in [0.05, 0.1) is 6.61 Å². The summed E-state index contributed by atoms with van der Waals surface area (Å²) in [4.78, 5) is 23.5. The van der Waals surface area contributed by atoms with Crippen molar-refractivity contribution in [1.29, 1.82) is 0 Å². The summed E-state index contributed by atoms with van der Waals surface area (Å²) in [6.45, 7) is 6.17.